The van der Waals surface area contributed by atoms with Gasteiger partial charge in [-0.25, -0.2) is 0 Å². The van der Waals surface area contributed by atoms with Gasteiger partial charge in [0.25, 0.3) is 0 Å². The minimum absolute atomic E-state index is 0.0391. The number of Topliss-reactive ketones (excluding diaryl/α,β-unsaturated/α-hetero) is 2. The molecule has 0 bridgehead atoms. The molecule has 0 aliphatic heterocycles. The van der Waals surface area contributed by atoms with Crippen molar-refractivity contribution in [3.63, 3.8) is 0 Å². The lowest BCUT2D eigenvalue weighted by molar-refractivity contribution is -0.120. The van der Waals surface area contributed by atoms with Gasteiger partial charge in [0.05, 0.1) is 0 Å². The number of aryl methyl sites for hydroxylation is 1. The molecule has 0 N–H and O–H groups in total. The maximum Gasteiger partial charge on any atom is 0.191 e. The van der Waals surface area contributed by atoms with Crippen molar-refractivity contribution in [2.24, 2.45) is 7.05 Å². The quantitative estimate of drug-likeness (QED) is 0.236. The lowest BCUT2D eigenvalue weighted by atomic mass is 10.0. The minimum atomic E-state index is -0.0554. The van der Waals surface area contributed by atoms with E-state index < -0.39 is 0 Å². The van der Waals surface area contributed by atoms with Gasteiger partial charge in [-0.05, 0) is 47.7 Å². The molecule has 0 unspecified atom stereocenters. The SMILES string of the molecule is CCC(=O)COc1ccc2cnc(C(=O)Cc3cccc([C@H](C)Sc4nncn4C)c3)cc2c1. The molecule has 174 valence electrons. The van der Waals surface area contributed by atoms with Crippen LogP contribution in [-0.4, -0.2) is 37.9 Å². The van der Waals surface area contributed by atoms with Gasteiger partial charge in [-0.2, -0.15) is 0 Å². The zero-order chi connectivity index (χ0) is 24.1. The molecule has 2 heterocycles. The van der Waals surface area contributed by atoms with E-state index in [0.717, 1.165) is 27.1 Å². The van der Waals surface area contributed by atoms with Crippen LogP contribution in [0.4, 0.5) is 0 Å². The Labute approximate surface area is 202 Å². The fourth-order valence-electron chi connectivity index (χ4n) is 3.46. The number of carbonyl (C=O) groups is 2. The number of benzene rings is 2. The second kappa shape index (κ2) is 10.6. The summed E-state index contributed by atoms with van der Waals surface area (Å²) >= 11 is 1.62. The highest BCUT2D eigenvalue weighted by Crippen LogP contribution is 2.33. The molecule has 1 atom stereocenters. The Kier molecular flexibility index (Phi) is 7.37. The summed E-state index contributed by atoms with van der Waals surface area (Å²) < 4.78 is 7.46. The van der Waals surface area contributed by atoms with Gasteiger partial charge >= 0.3 is 0 Å². The number of carbonyl (C=O) groups excluding carboxylic acids is 2. The molecule has 0 aliphatic carbocycles. The van der Waals surface area contributed by atoms with E-state index in [1.54, 1.807) is 36.4 Å². The van der Waals surface area contributed by atoms with Gasteiger partial charge in [-0.1, -0.05) is 43.0 Å². The van der Waals surface area contributed by atoms with Crippen molar-refractivity contribution in [1.29, 1.82) is 0 Å². The Morgan fingerprint density at radius 1 is 1.12 bits per heavy atom. The zero-order valence-corrected chi connectivity index (χ0v) is 20.2. The fraction of sp³-hybridized carbons (Fsp3) is 0.269. The van der Waals surface area contributed by atoms with Crippen LogP contribution >= 0.6 is 11.8 Å². The van der Waals surface area contributed by atoms with E-state index in [2.05, 4.69) is 34.2 Å². The average Bonchev–Trinajstić information content (AvgIpc) is 3.26. The first-order chi connectivity index (χ1) is 16.4. The molecule has 4 rings (SSSR count). The van der Waals surface area contributed by atoms with Crippen molar-refractivity contribution in [3.8, 4) is 5.75 Å². The first kappa shape index (κ1) is 23.6. The number of thioether (sulfide) groups is 1. The largest absolute Gasteiger partial charge is 0.486 e. The van der Waals surface area contributed by atoms with Crippen LogP contribution in [0, 0.1) is 0 Å². The lowest BCUT2D eigenvalue weighted by Crippen LogP contribution is -2.09. The van der Waals surface area contributed by atoms with Gasteiger partial charge in [0.15, 0.2) is 16.7 Å². The van der Waals surface area contributed by atoms with Crippen molar-refractivity contribution in [1.82, 2.24) is 19.7 Å². The molecule has 2 aromatic heterocycles. The number of aromatic nitrogens is 4. The van der Waals surface area contributed by atoms with Crippen molar-refractivity contribution in [2.75, 3.05) is 6.61 Å². The highest BCUT2D eigenvalue weighted by Gasteiger charge is 2.14. The molecule has 8 heteroatoms. The van der Waals surface area contributed by atoms with Crippen LogP contribution in [0.25, 0.3) is 10.8 Å². The Bertz CT molecular complexity index is 1330. The third kappa shape index (κ3) is 5.69. The number of nitrogens with zero attached hydrogens (tertiary/aromatic N) is 4. The van der Waals surface area contributed by atoms with E-state index in [9.17, 15) is 9.59 Å². The van der Waals surface area contributed by atoms with E-state index in [0.29, 0.717) is 17.9 Å². The van der Waals surface area contributed by atoms with Crippen LogP contribution in [0.15, 0.2) is 66.2 Å². The summed E-state index contributed by atoms with van der Waals surface area (Å²) in [6, 6.07) is 15.3. The van der Waals surface area contributed by atoms with Gasteiger partial charge < -0.3 is 9.30 Å². The van der Waals surface area contributed by atoms with E-state index >= 15 is 0 Å². The molecule has 0 fully saturated rings. The summed E-state index contributed by atoms with van der Waals surface area (Å²) in [5, 5.41) is 10.8. The highest BCUT2D eigenvalue weighted by molar-refractivity contribution is 7.99. The minimum Gasteiger partial charge on any atom is -0.486 e. The van der Waals surface area contributed by atoms with Gasteiger partial charge in [0, 0.05) is 36.7 Å². The maximum absolute atomic E-state index is 13.0. The molecular formula is C26H26N4O3S. The van der Waals surface area contributed by atoms with Crippen LogP contribution in [0.1, 0.15) is 47.1 Å². The van der Waals surface area contributed by atoms with Gasteiger partial charge in [-0.15, -0.1) is 10.2 Å². The first-order valence-electron chi connectivity index (χ1n) is 11.1. The van der Waals surface area contributed by atoms with Gasteiger partial charge in [0.1, 0.15) is 24.4 Å². The van der Waals surface area contributed by atoms with Crippen molar-refractivity contribution in [2.45, 2.75) is 37.1 Å². The predicted octanol–water partition coefficient (Wildman–Crippen LogP) is 5.00. The number of ether oxygens (including phenoxy) is 1. The lowest BCUT2D eigenvalue weighted by Gasteiger charge is -2.12. The zero-order valence-electron chi connectivity index (χ0n) is 19.4. The number of pyridine rings is 1. The van der Waals surface area contributed by atoms with Crippen LogP contribution in [0.2, 0.25) is 0 Å². The number of hydrogen-bond donors (Lipinski definition) is 0. The predicted molar refractivity (Wildman–Crippen MR) is 132 cm³/mol. The molecule has 4 aromatic rings. The Morgan fingerprint density at radius 2 is 1.97 bits per heavy atom. The summed E-state index contributed by atoms with van der Waals surface area (Å²) in [6.45, 7) is 3.96. The van der Waals surface area contributed by atoms with Crippen molar-refractivity contribution >= 4 is 34.1 Å². The van der Waals surface area contributed by atoms with Crippen LogP contribution < -0.4 is 4.74 Å². The van der Waals surface area contributed by atoms with E-state index in [1.165, 1.54) is 0 Å². The summed E-state index contributed by atoms with van der Waals surface area (Å²) in [5.74, 6) is 0.582. The molecule has 34 heavy (non-hydrogen) atoms. The normalized spacial score (nSPS) is 12.0. The van der Waals surface area contributed by atoms with Crippen LogP contribution in [-0.2, 0) is 18.3 Å². The molecule has 0 amide bonds. The topological polar surface area (TPSA) is 87.0 Å². The summed E-state index contributed by atoms with van der Waals surface area (Å²) in [5.41, 5.74) is 2.46. The molecule has 7 nitrogen and oxygen atoms in total. The van der Waals surface area contributed by atoms with E-state index in [-0.39, 0.29) is 29.8 Å². The smallest absolute Gasteiger partial charge is 0.191 e. The molecule has 0 saturated carbocycles. The standard InChI is InChI=1S/C26H26N4O3S/c1-4-22(31)15-33-23-9-8-20-14-27-24(13-21(20)12-23)25(32)11-18-6-5-7-19(10-18)17(2)34-26-29-28-16-30(26)3/h5-10,12-14,16-17H,4,11,15H2,1-3H3/t17-/m0/s1. The maximum atomic E-state index is 13.0. The second-order valence-electron chi connectivity index (χ2n) is 8.09. The van der Waals surface area contributed by atoms with Crippen LogP contribution in [0.5, 0.6) is 5.75 Å². The second-order valence-corrected chi connectivity index (χ2v) is 9.40. The molecule has 0 spiro atoms. The third-order valence-electron chi connectivity index (χ3n) is 5.51. The number of rotatable bonds is 10. The van der Waals surface area contributed by atoms with Crippen LogP contribution in [0.3, 0.4) is 0 Å². The summed E-state index contributed by atoms with van der Waals surface area (Å²) in [4.78, 5) is 28.9. The molecular weight excluding hydrogens is 448 g/mol. The average molecular weight is 475 g/mol. The molecule has 0 aliphatic rings. The summed E-state index contributed by atoms with van der Waals surface area (Å²) in [6.07, 6.45) is 4.07. The first-order valence-corrected chi connectivity index (χ1v) is 12.0. The van der Waals surface area contributed by atoms with E-state index in [4.69, 9.17) is 4.74 Å². The van der Waals surface area contributed by atoms with Gasteiger partial charge in [0.2, 0.25) is 0 Å². The molecule has 0 radical (unpaired) electrons. The van der Waals surface area contributed by atoms with Crippen molar-refractivity contribution in [3.05, 3.63) is 77.9 Å². The highest BCUT2D eigenvalue weighted by atomic mass is 32.2. The Hall–Kier alpha value is -3.52. The summed E-state index contributed by atoms with van der Waals surface area (Å²) in [7, 11) is 1.92. The molecule has 0 saturated heterocycles. The molecule has 2 aromatic carbocycles. The Morgan fingerprint density at radius 3 is 2.74 bits per heavy atom. The van der Waals surface area contributed by atoms with Crippen molar-refractivity contribution < 1.29 is 14.3 Å². The van der Waals surface area contributed by atoms with Gasteiger partial charge in [-0.3, -0.25) is 14.6 Å². The monoisotopic (exact) mass is 474 g/mol. The third-order valence-corrected chi connectivity index (χ3v) is 6.72. The number of fused-ring (bicyclic) bond motifs is 1. The Balaban J connectivity index is 1.47. The fourth-order valence-corrected chi connectivity index (χ4v) is 4.37. The number of ketones is 2. The number of hydrogen-bond acceptors (Lipinski definition) is 7. The van der Waals surface area contributed by atoms with E-state index in [1.807, 2.05) is 42.8 Å².